The number of benzene rings is 2. The summed E-state index contributed by atoms with van der Waals surface area (Å²) in [6, 6.07) is 13.1. The zero-order valence-electron chi connectivity index (χ0n) is 18.1. The van der Waals surface area contributed by atoms with Gasteiger partial charge in [-0.05, 0) is 42.5 Å². The molecule has 0 saturated heterocycles. The molecule has 166 valence electrons. The summed E-state index contributed by atoms with van der Waals surface area (Å²) in [4.78, 5) is 29.3. The van der Waals surface area contributed by atoms with Gasteiger partial charge in [0.2, 0.25) is 5.75 Å². The van der Waals surface area contributed by atoms with Crippen LogP contribution in [0, 0.1) is 0 Å². The number of carbonyl (C=O) groups is 2. The first-order chi connectivity index (χ1) is 15.5. The van der Waals surface area contributed by atoms with Crippen LogP contribution >= 0.6 is 0 Å². The summed E-state index contributed by atoms with van der Waals surface area (Å²) in [5.74, 6) is 1.32. The van der Waals surface area contributed by atoms with E-state index in [9.17, 15) is 9.59 Å². The van der Waals surface area contributed by atoms with Gasteiger partial charge in [0.25, 0.3) is 11.8 Å². The number of aromatic nitrogens is 1. The molecule has 3 rings (SSSR count). The minimum Gasteiger partial charge on any atom is -0.497 e. The maximum Gasteiger partial charge on any atom is 0.256 e. The maximum absolute atomic E-state index is 12.7. The molecule has 2 amide bonds. The Morgan fingerprint density at radius 2 is 1.44 bits per heavy atom. The molecule has 9 nitrogen and oxygen atoms in total. The number of amides is 2. The Hall–Kier alpha value is -4.27. The largest absolute Gasteiger partial charge is 0.497 e. The van der Waals surface area contributed by atoms with Crippen LogP contribution in [-0.4, -0.2) is 45.2 Å². The van der Waals surface area contributed by atoms with Crippen LogP contribution in [-0.2, 0) is 0 Å². The number of pyridine rings is 1. The van der Waals surface area contributed by atoms with Crippen LogP contribution < -0.4 is 29.6 Å². The number of hydrogen-bond donors (Lipinski definition) is 2. The molecule has 1 heterocycles. The Kier molecular flexibility index (Phi) is 7.12. The van der Waals surface area contributed by atoms with E-state index in [2.05, 4.69) is 15.6 Å². The quantitative estimate of drug-likeness (QED) is 0.554. The van der Waals surface area contributed by atoms with E-state index in [1.54, 1.807) is 48.5 Å². The molecular weight excluding hydrogens is 414 g/mol. The molecule has 0 atom stereocenters. The van der Waals surface area contributed by atoms with Gasteiger partial charge in [-0.1, -0.05) is 6.07 Å². The highest BCUT2D eigenvalue weighted by atomic mass is 16.5. The van der Waals surface area contributed by atoms with Crippen LogP contribution in [0.4, 0.5) is 11.5 Å². The Morgan fingerprint density at radius 1 is 0.750 bits per heavy atom. The van der Waals surface area contributed by atoms with Gasteiger partial charge in [-0.25, -0.2) is 4.98 Å². The average Bonchev–Trinajstić information content (AvgIpc) is 2.84. The fraction of sp³-hybridized carbons (Fsp3) is 0.174. The summed E-state index contributed by atoms with van der Waals surface area (Å²) in [5.41, 5.74) is 1.20. The number of anilines is 2. The van der Waals surface area contributed by atoms with Crippen LogP contribution in [0.15, 0.2) is 54.7 Å². The van der Waals surface area contributed by atoms with E-state index < -0.39 is 0 Å². The van der Waals surface area contributed by atoms with Crippen LogP contribution in [0.1, 0.15) is 20.7 Å². The van der Waals surface area contributed by atoms with E-state index in [4.69, 9.17) is 18.9 Å². The van der Waals surface area contributed by atoms with Crippen molar-refractivity contribution < 1.29 is 28.5 Å². The van der Waals surface area contributed by atoms with Crippen molar-refractivity contribution in [3.8, 4) is 23.0 Å². The summed E-state index contributed by atoms with van der Waals surface area (Å²) in [7, 11) is 5.97. The van der Waals surface area contributed by atoms with E-state index >= 15 is 0 Å². The Morgan fingerprint density at radius 3 is 2.00 bits per heavy atom. The van der Waals surface area contributed by atoms with Crippen molar-refractivity contribution in [2.75, 3.05) is 39.1 Å². The average molecular weight is 437 g/mol. The molecule has 0 radical (unpaired) electrons. The minimum atomic E-state index is -0.390. The molecular formula is C23H23N3O6. The first kappa shape index (κ1) is 22.4. The fourth-order valence-corrected chi connectivity index (χ4v) is 2.91. The van der Waals surface area contributed by atoms with Crippen molar-refractivity contribution in [1.82, 2.24) is 4.98 Å². The monoisotopic (exact) mass is 437 g/mol. The van der Waals surface area contributed by atoms with Crippen molar-refractivity contribution in [2.24, 2.45) is 0 Å². The summed E-state index contributed by atoms with van der Waals surface area (Å²) in [6.07, 6.45) is 1.44. The molecule has 0 saturated carbocycles. The second kappa shape index (κ2) is 10.2. The molecule has 0 unspecified atom stereocenters. The van der Waals surface area contributed by atoms with Gasteiger partial charge in [-0.2, -0.15) is 0 Å². The highest BCUT2D eigenvalue weighted by Crippen LogP contribution is 2.38. The summed E-state index contributed by atoms with van der Waals surface area (Å²) >= 11 is 0. The van der Waals surface area contributed by atoms with Gasteiger partial charge in [0, 0.05) is 11.1 Å². The Bertz CT molecular complexity index is 1090. The van der Waals surface area contributed by atoms with Crippen LogP contribution in [0.5, 0.6) is 23.0 Å². The van der Waals surface area contributed by atoms with E-state index in [1.807, 2.05) is 0 Å². The molecule has 0 spiro atoms. The van der Waals surface area contributed by atoms with Crippen LogP contribution in [0.2, 0.25) is 0 Å². The second-order valence-electron chi connectivity index (χ2n) is 6.49. The highest BCUT2D eigenvalue weighted by molar-refractivity contribution is 6.06. The topological polar surface area (TPSA) is 108 Å². The Balaban J connectivity index is 1.70. The number of hydrogen-bond acceptors (Lipinski definition) is 7. The summed E-state index contributed by atoms with van der Waals surface area (Å²) < 4.78 is 21.0. The number of methoxy groups -OCH3 is 4. The molecule has 0 aliphatic heterocycles. The predicted molar refractivity (Wildman–Crippen MR) is 119 cm³/mol. The molecule has 32 heavy (non-hydrogen) atoms. The summed E-state index contributed by atoms with van der Waals surface area (Å²) in [6.45, 7) is 0. The molecule has 3 aromatic rings. The van der Waals surface area contributed by atoms with Gasteiger partial charge < -0.3 is 29.6 Å². The van der Waals surface area contributed by atoms with Crippen molar-refractivity contribution in [3.63, 3.8) is 0 Å². The van der Waals surface area contributed by atoms with Gasteiger partial charge in [-0.15, -0.1) is 0 Å². The number of nitrogens with one attached hydrogen (secondary N) is 2. The highest BCUT2D eigenvalue weighted by Gasteiger charge is 2.17. The van der Waals surface area contributed by atoms with Crippen LogP contribution in [0.3, 0.4) is 0 Å². The maximum atomic E-state index is 12.7. The lowest BCUT2D eigenvalue weighted by Gasteiger charge is -2.14. The number of rotatable bonds is 8. The predicted octanol–water partition coefficient (Wildman–Crippen LogP) is 3.62. The molecule has 0 fully saturated rings. The molecule has 2 aromatic carbocycles. The van der Waals surface area contributed by atoms with Crippen molar-refractivity contribution >= 4 is 23.3 Å². The van der Waals surface area contributed by atoms with E-state index in [0.717, 1.165) is 0 Å². The first-order valence-corrected chi connectivity index (χ1v) is 9.51. The number of carbonyl (C=O) groups excluding carboxylic acids is 2. The molecule has 0 bridgehead atoms. The first-order valence-electron chi connectivity index (χ1n) is 9.51. The molecule has 9 heteroatoms. The standard InChI is InChI=1S/C23H23N3O6/c1-29-17-7-5-6-14(10-17)22(27)26-20-9-8-16(13-24-20)25-23(28)15-11-18(30-2)21(32-4)19(12-15)31-3/h5-13H,1-4H3,(H,25,28)(H,24,26,27). The van der Waals surface area contributed by atoms with E-state index in [-0.39, 0.29) is 11.8 Å². The van der Waals surface area contributed by atoms with Crippen molar-refractivity contribution in [1.29, 1.82) is 0 Å². The lowest BCUT2D eigenvalue weighted by atomic mass is 10.1. The molecule has 0 aliphatic rings. The zero-order valence-corrected chi connectivity index (χ0v) is 18.1. The smallest absolute Gasteiger partial charge is 0.256 e. The van der Waals surface area contributed by atoms with E-state index in [1.165, 1.54) is 34.6 Å². The number of nitrogens with zero attached hydrogens (tertiary/aromatic N) is 1. The minimum absolute atomic E-state index is 0.315. The zero-order chi connectivity index (χ0) is 23.1. The van der Waals surface area contributed by atoms with Crippen molar-refractivity contribution in [2.45, 2.75) is 0 Å². The second-order valence-corrected chi connectivity index (χ2v) is 6.49. The van der Waals surface area contributed by atoms with Gasteiger partial charge in [0.05, 0.1) is 40.3 Å². The van der Waals surface area contributed by atoms with Crippen LogP contribution in [0.25, 0.3) is 0 Å². The third-order valence-electron chi connectivity index (χ3n) is 4.52. The molecule has 2 N–H and O–H groups in total. The summed E-state index contributed by atoms with van der Waals surface area (Å²) in [5, 5.41) is 5.44. The van der Waals surface area contributed by atoms with Gasteiger partial charge in [0.15, 0.2) is 11.5 Å². The molecule has 0 aliphatic carbocycles. The van der Waals surface area contributed by atoms with Gasteiger partial charge >= 0.3 is 0 Å². The van der Waals surface area contributed by atoms with Gasteiger partial charge in [-0.3, -0.25) is 9.59 Å². The normalized spacial score (nSPS) is 10.1. The number of ether oxygens (including phenoxy) is 4. The van der Waals surface area contributed by atoms with Gasteiger partial charge in [0.1, 0.15) is 11.6 Å². The molecule has 1 aromatic heterocycles. The van der Waals surface area contributed by atoms with E-state index in [0.29, 0.717) is 45.6 Å². The third-order valence-corrected chi connectivity index (χ3v) is 4.52. The lowest BCUT2D eigenvalue weighted by Crippen LogP contribution is -2.14. The van der Waals surface area contributed by atoms with Crippen molar-refractivity contribution in [3.05, 3.63) is 65.9 Å². The third kappa shape index (κ3) is 5.07. The SMILES string of the molecule is COc1cccc(C(=O)Nc2ccc(NC(=O)c3cc(OC)c(OC)c(OC)c3)cn2)c1. The fourth-order valence-electron chi connectivity index (χ4n) is 2.91. The lowest BCUT2D eigenvalue weighted by molar-refractivity contribution is 0.101. The Labute approximate surface area is 185 Å².